The summed E-state index contributed by atoms with van der Waals surface area (Å²) in [5.74, 6) is 0. The molecule has 2 rings (SSSR count). The first-order valence-corrected chi connectivity index (χ1v) is 10.0. The van der Waals surface area contributed by atoms with Crippen molar-refractivity contribution in [2.24, 2.45) is 0 Å². The highest BCUT2D eigenvalue weighted by molar-refractivity contribution is 7.90. The van der Waals surface area contributed by atoms with Gasteiger partial charge in [0.2, 0.25) is 0 Å². The Kier molecular flexibility index (Phi) is 6.22. The molecule has 9 heteroatoms. The summed E-state index contributed by atoms with van der Waals surface area (Å²) in [4.78, 5) is 12.6. The molecule has 140 valence electrons. The number of nitrogens with zero attached hydrogens (tertiary/aromatic N) is 2. The second-order valence-corrected chi connectivity index (χ2v) is 8.57. The van der Waals surface area contributed by atoms with Crippen LogP contribution in [-0.2, 0) is 9.84 Å². The highest BCUT2D eigenvalue weighted by Gasteiger charge is 2.20. The molecule has 0 amide bonds. The molecular weight excluding hydrogens is 378 g/mol. The van der Waals surface area contributed by atoms with E-state index in [0.717, 1.165) is 17.9 Å². The van der Waals surface area contributed by atoms with E-state index >= 15 is 0 Å². The Balaban J connectivity index is 2.28. The van der Waals surface area contributed by atoms with Crippen molar-refractivity contribution >= 4 is 32.8 Å². The van der Waals surface area contributed by atoms with Crippen molar-refractivity contribution in [3.05, 3.63) is 63.2 Å². The van der Waals surface area contributed by atoms with Crippen LogP contribution in [0.25, 0.3) is 0 Å². The molecule has 0 saturated heterocycles. The fourth-order valence-electron chi connectivity index (χ4n) is 2.53. The van der Waals surface area contributed by atoms with E-state index < -0.39 is 14.8 Å². The SMILES string of the molecule is CN(C)C(CNc1ccc(S(C)(=O)=O)cc1[N+](=O)[O-])c1ccc(Cl)cc1. The molecule has 2 aromatic rings. The lowest BCUT2D eigenvalue weighted by Crippen LogP contribution is -2.27. The first kappa shape index (κ1) is 20.2. The lowest BCUT2D eigenvalue weighted by molar-refractivity contribution is -0.384. The monoisotopic (exact) mass is 397 g/mol. The zero-order valence-electron chi connectivity index (χ0n) is 14.6. The van der Waals surface area contributed by atoms with E-state index in [9.17, 15) is 18.5 Å². The van der Waals surface area contributed by atoms with E-state index in [0.29, 0.717) is 11.6 Å². The fourth-order valence-corrected chi connectivity index (χ4v) is 3.30. The molecule has 0 radical (unpaired) electrons. The molecule has 1 unspecified atom stereocenters. The molecule has 0 aromatic heterocycles. The van der Waals surface area contributed by atoms with Gasteiger partial charge in [0.05, 0.1) is 15.9 Å². The van der Waals surface area contributed by atoms with Gasteiger partial charge in [0.15, 0.2) is 9.84 Å². The van der Waals surface area contributed by atoms with Crippen LogP contribution in [0.15, 0.2) is 47.4 Å². The van der Waals surface area contributed by atoms with Gasteiger partial charge in [-0.3, -0.25) is 10.1 Å². The molecule has 1 N–H and O–H groups in total. The molecule has 0 aliphatic rings. The third kappa shape index (κ3) is 4.94. The maximum Gasteiger partial charge on any atom is 0.293 e. The van der Waals surface area contributed by atoms with Gasteiger partial charge in [-0.25, -0.2) is 8.42 Å². The van der Waals surface area contributed by atoms with Crippen LogP contribution in [0.3, 0.4) is 0 Å². The van der Waals surface area contributed by atoms with Crippen LogP contribution in [0, 0.1) is 10.1 Å². The van der Waals surface area contributed by atoms with Crippen LogP contribution >= 0.6 is 11.6 Å². The second-order valence-electron chi connectivity index (χ2n) is 6.12. The number of rotatable bonds is 7. The molecule has 0 bridgehead atoms. The van der Waals surface area contributed by atoms with E-state index in [4.69, 9.17) is 11.6 Å². The van der Waals surface area contributed by atoms with E-state index in [2.05, 4.69) is 5.32 Å². The summed E-state index contributed by atoms with van der Waals surface area (Å²) in [6.45, 7) is 0.397. The van der Waals surface area contributed by atoms with E-state index in [1.807, 2.05) is 31.1 Å². The van der Waals surface area contributed by atoms with Gasteiger partial charge in [-0.05, 0) is 43.9 Å². The van der Waals surface area contributed by atoms with Crippen molar-refractivity contribution in [2.75, 3.05) is 32.2 Å². The van der Waals surface area contributed by atoms with Crippen LogP contribution in [0.4, 0.5) is 11.4 Å². The van der Waals surface area contributed by atoms with Crippen LogP contribution in [0.5, 0.6) is 0 Å². The number of anilines is 1. The van der Waals surface area contributed by atoms with Gasteiger partial charge < -0.3 is 10.2 Å². The number of nitrogens with one attached hydrogen (secondary N) is 1. The number of nitro groups is 1. The minimum atomic E-state index is -3.52. The number of likely N-dealkylation sites (N-methyl/N-ethyl adjacent to an activating group) is 1. The van der Waals surface area contributed by atoms with Crippen molar-refractivity contribution in [3.8, 4) is 0 Å². The quantitative estimate of drug-likeness (QED) is 0.568. The Labute approximate surface area is 157 Å². The molecule has 2 aromatic carbocycles. The molecule has 0 heterocycles. The lowest BCUT2D eigenvalue weighted by Gasteiger charge is -2.25. The van der Waals surface area contributed by atoms with Crippen LogP contribution in [-0.4, -0.2) is 45.1 Å². The van der Waals surface area contributed by atoms with Gasteiger partial charge in [-0.15, -0.1) is 0 Å². The van der Waals surface area contributed by atoms with Gasteiger partial charge >= 0.3 is 0 Å². The van der Waals surface area contributed by atoms with Crippen LogP contribution in [0.2, 0.25) is 5.02 Å². The number of hydrogen-bond donors (Lipinski definition) is 1. The minimum Gasteiger partial charge on any atom is -0.378 e. The third-order valence-corrected chi connectivity index (χ3v) is 5.32. The van der Waals surface area contributed by atoms with Crippen molar-refractivity contribution in [3.63, 3.8) is 0 Å². The van der Waals surface area contributed by atoms with E-state index in [-0.39, 0.29) is 22.3 Å². The zero-order valence-corrected chi connectivity index (χ0v) is 16.2. The third-order valence-electron chi connectivity index (χ3n) is 3.96. The Hall–Kier alpha value is -2.16. The zero-order chi connectivity index (χ0) is 19.5. The topological polar surface area (TPSA) is 92.6 Å². The number of halogens is 1. The summed E-state index contributed by atoms with van der Waals surface area (Å²) in [6.07, 6.45) is 1.02. The Morgan fingerprint density at radius 1 is 1.19 bits per heavy atom. The van der Waals surface area contributed by atoms with Crippen molar-refractivity contribution in [1.82, 2.24) is 4.90 Å². The molecule has 0 aliphatic carbocycles. The van der Waals surface area contributed by atoms with Gasteiger partial charge in [-0.2, -0.15) is 0 Å². The number of nitro benzene ring substituents is 1. The van der Waals surface area contributed by atoms with Crippen LogP contribution in [0.1, 0.15) is 11.6 Å². The first-order valence-electron chi connectivity index (χ1n) is 7.74. The molecule has 26 heavy (non-hydrogen) atoms. The summed E-state index contributed by atoms with van der Waals surface area (Å²) >= 11 is 5.92. The summed E-state index contributed by atoms with van der Waals surface area (Å²) in [6, 6.07) is 11.2. The average Bonchev–Trinajstić information content (AvgIpc) is 2.55. The van der Waals surface area contributed by atoms with E-state index in [1.54, 1.807) is 12.1 Å². The first-order chi connectivity index (χ1) is 12.1. The van der Waals surface area contributed by atoms with Gasteiger partial charge in [-0.1, -0.05) is 23.7 Å². The molecule has 0 spiro atoms. The number of hydrogen-bond acceptors (Lipinski definition) is 6. The minimum absolute atomic E-state index is 0.0542. The van der Waals surface area contributed by atoms with Gasteiger partial charge in [0.25, 0.3) is 5.69 Å². The number of benzene rings is 2. The summed E-state index contributed by atoms with van der Waals surface area (Å²) in [5, 5.41) is 15.0. The average molecular weight is 398 g/mol. The highest BCUT2D eigenvalue weighted by atomic mass is 35.5. The standard InChI is InChI=1S/C17H20ClN3O4S/c1-20(2)17(12-4-6-13(18)7-5-12)11-19-15-9-8-14(26(3,24)25)10-16(15)21(22)23/h4-10,17,19H,11H2,1-3H3. The Morgan fingerprint density at radius 2 is 1.81 bits per heavy atom. The maximum absolute atomic E-state index is 11.6. The molecule has 0 fully saturated rings. The smallest absolute Gasteiger partial charge is 0.293 e. The second kappa shape index (κ2) is 8.03. The van der Waals surface area contributed by atoms with Crippen molar-refractivity contribution < 1.29 is 13.3 Å². The lowest BCUT2D eigenvalue weighted by atomic mass is 10.1. The van der Waals surface area contributed by atoms with E-state index in [1.165, 1.54) is 12.1 Å². The highest BCUT2D eigenvalue weighted by Crippen LogP contribution is 2.29. The predicted octanol–water partition coefficient (Wildman–Crippen LogP) is 3.37. The van der Waals surface area contributed by atoms with Gasteiger partial charge in [0.1, 0.15) is 5.69 Å². The summed E-state index contributed by atoms with van der Waals surface area (Å²) in [5.41, 5.74) is 0.993. The summed E-state index contributed by atoms with van der Waals surface area (Å²) < 4.78 is 23.3. The maximum atomic E-state index is 11.6. The van der Waals surface area contributed by atoms with Crippen molar-refractivity contribution in [1.29, 1.82) is 0 Å². The predicted molar refractivity (Wildman–Crippen MR) is 103 cm³/mol. The molecule has 7 nitrogen and oxygen atoms in total. The normalized spacial score (nSPS) is 12.8. The number of sulfone groups is 1. The Morgan fingerprint density at radius 3 is 2.31 bits per heavy atom. The van der Waals surface area contributed by atoms with Crippen LogP contribution < -0.4 is 5.32 Å². The molecule has 1 atom stereocenters. The summed E-state index contributed by atoms with van der Waals surface area (Å²) in [7, 11) is 0.289. The molecule has 0 saturated carbocycles. The van der Waals surface area contributed by atoms with Gasteiger partial charge in [0, 0.05) is 23.9 Å². The largest absolute Gasteiger partial charge is 0.378 e. The molecule has 0 aliphatic heterocycles. The van der Waals surface area contributed by atoms with Crippen molar-refractivity contribution in [2.45, 2.75) is 10.9 Å². The molecular formula is C17H20ClN3O4S. The fraction of sp³-hybridized carbons (Fsp3) is 0.294. The Bertz CT molecular complexity index is 899.